The Labute approximate surface area is 132 Å². The highest BCUT2D eigenvalue weighted by molar-refractivity contribution is 5.68. The van der Waals surface area contributed by atoms with Crippen molar-refractivity contribution in [2.75, 3.05) is 20.2 Å². The molecule has 2 rings (SSSR count). The molecule has 0 spiro atoms. The molecule has 1 N–H and O–H groups in total. The number of hydrogen-bond acceptors (Lipinski definition) is 4. The molecule has 122 valence electrons. The van der Waals surface area contributed by atoms with Crippen molar-refractivity contribution in [3.63, 3.8) is 0 Å². The van der Waals surface area contributed by atoms with Crippen molar-refractivity contribution in [1.29, 1.82) is 0 Å². The molecule has 1 aliphatic rings. The van der Waals surface area contributed by atoms with E-state index in [2.05, 4.69) is 5.32 Å². The van der Waals surface area contributed by atoms with Gasteiger partial charge in [0, 0.05) is 25.7 Å². The Morgan fingerprint density at radius 3 is 2.59 bits per heavy atom. The third kappa shape index (κ3) is 4.91. The molecule has 1 aromatic rings. The van der Waals surface area contributed by atoms with E-state index in [0.717, 1.165) is 25.3 Å². The molecule has 1 atom stereocenters. The highest BCUT2D eigenvalue weighted by Gasteiger charge is 2.29. The van der Waals surface area contributed by atoms with Crippen LogP contribution in [0.3, 0.4) is 0 Å². The molecule has 1 heterocycles. The molecule has 0 bridgehead atoms. The largest absolute Gasteiger partial charge is 0.497 e. The molecule has 1 unspecified atom stereocenters. The number of methoxy groups -OCH3 is 1. The number of rotatable bonds is 4. The number of hydrogen-bond donors (Lipinski definition) is 1. The van der Waals surface area contributed by atoms with Gasteiger partial charge in [-0.15, -0.1) is 0 Å². The van der Waals surface area contributed by atoms with Crippen LogP contribution < -0.4 is 10.1 Å². The second-order valence-electron chi connectivity index (χ2n) is 6.64. The Balaban J connectivity index is 1.77. The summed E-state index contributed by atoms with van der Waals surface area (Å²) in [5.74, 6) is 0.862. The number of carbonyl (C=O) groups is 1. The minimum atomic E-state index is -0.439. The van der Waals surface area contributed by atoms with Crippen molar-refractivity contribution in [3.05, 3.63) is 29.8 Å². The number of carbonyl (C=O) groups excluding carboxylic acids is 1. The van der Waals surface area contributed by atoms with E-state index in [9.17, 15) is 4.79 Å². The first-order valence-electron chi connectivity index (χ1n) is 7.71. The molecule has 0 radical (unpaired) electrons. The number of benzene rings is 1. The SMILES string of the molecule is COc1ccc(CNC2CCN(C(=O)OC(C)(C)C)C2)cc1. The molecular weight excluding hydrogens is 280 g/mol. The third-order valence-electron chi connectivity index (χ3n) is 3.59. The van der Waals surface area contributed by atoms with Gasteiger partial charge >= 0.3 is 6.09 Å². The van der Waals surface area contributed by atoms with E-state index in [4.69, 9.17) is 9.47 Å². The molecule has 22 heavy (non-hydrogen) atoms. The lowest BCUT2D eigenvalue weighted by Gasteiger charge is -2.24. The zero-order valence-electron chi connectivity index (χ0n) is 13.9. The number of nitrogens with one attached hydrogen (secondary N) is 1. The normalized spacial score (nSPS) is 18.4. The van der Waals surface area contributed by atoms with Crippen molar-refractivity contribution in [1.82, 2.24) is 10.2 Å². The van der Waals surface area contributed by atoms with Gasteiger partial charge < -0.3 is 19.7 Å². The summed E-state index contributed by atoms with van der Waals surface area (Å²) in [6.07, 6.45) is 0.733. The van der Waals surface area contributed by atoms with Gasteiger partial charge in [-0.3, -0.25) is 0 Å². The summed E-state index contributed by atoms with van der Waals surface area (Å²) in [5, 5.41) is 3.49. The van der Waals surface area contributed by atoms with Gasteiger partial charge in [0.2, 0.25) is 0 Å². The molecule has 5 heteroatoms. The van der Waals surface area contributed by atoms with Gasteiger partial charge in [0.05, 0.1) is 7.11 Å². The Kier molecular flexibility index (Phi) is 5.29. The Bertz CT molecular complexity index is 494. The molecule has 1 saturated heterocycles. The quantitative estimate of drug-likeness (QED) is 0.929. The predicted octanol–water partition coefficient (Wildman–Crippen LogP) is 2.79. The predicted molar refractivity (Wildman–Crippen MR) is 86.0 cm³/mol. The van der Waals surface area contributed by atoms with Gasteiger partial charge in [-0.1, -0.05) is 12.1 Å². The van der Waals surface area contributed by atoms with Crippen molar-refractivity contribution in [2.24, 2.45) is 0 Å². The molecule has 0 saturated carbocycles. The van der Waals surface area contributed by atoms with Crippen LogP contribution in [-0.2, 0) is 11.3 Å². The summed E-state index contributed by atoms with van der Waals surface area (Å²) in [6.45, 7) is 7.90. The van der Waals surface area contributed by atoms with Crippen LogP contribution in [0.25, 0.3) is 0 Å². The van der Waals surface area contributed by atoms with E-state index in [0.29, 0.717) is 12.6 Å². The van der Waals surface area contributed by atoms with Crippen LogP contribution in [-0.4, -0.2) is 42.8 Å². The maximum atomic E-state index is 12.0. The third-order valence-corrected chi connectivity index (χ3v) is 3.59. The summed E-state index contributed by atoms with van der Waals surface area (Å²) < 4.78 is 10.6. The second kappa shape index (κ2) is 7.01. The Hall–Kier alpha value is -1.75. The smallest absolute Gasteiger partial charge is 0.410 e. The lowest BCUT2D eigenvalue weighted by atomic mass is 10.2. The van der Waals surface area contributed by atoms with E-state index in [-0.39, 0.29) is 6.09 Å². The highest BCUT2D eigenvalue weighted by atomic mass is 16.6. The van der Waals surface area contributed by atoms with E-state index in [1.54, 1.807) is 12.0 Å². The highest BCUT2D eigenvalue weighted by Crippen LogP contribution is 2.16. The lowest BCUT2D eigenvalue weighted by molar-refractivity contribution is 0.0291. The average molecular weight is 306 g/mol. The van der Waals surface area contributed by atoms with E-state index in [1.807, 2.05) is 45.0 Å². The minimum Gasteiger partial charge on any atom is -0.497 e. The van der Waals surface area contributed by atoms with Crippen LogP contribution in [0, 0.1) is 0 Å². The van der Waals surface area contributed by atoms with E-state index in [1.165, 1.54) is 5.56 Å². The summed E-state index contributed by atoms with van der Waals surface area (Å²) in [6, 6.07) is 8.32. The monoisotopic (exact) mass is 306 g/mol. The van der Waals surface area contributed by atoms with Gasteiger partial charge in [-0.25, -0.2) is 4.79 Å². The molecule has 1 aliphatic heterocycles. The van der Waals surface area contributed by atoms with Crippen LogP contribution >= 0.6 is 0 Å². The van der Waals surface area contributed by atoms with Crippen LogP contribution in [0.2, 0.25) is 0 Å². The fourth-order valence-electron chi connectivity index (χ4n) is 2.42. The maximum absolute atomic E-state index is 12.0. The number of amides is 1. The molecule has 1 amide bonds. The molecule has 5 nitrogen and oxygen atoms in total. The topological polar surface area (TPSA) is 50.8 Å². The van der Waals surface area contributed by atoms with Crippen molar-refractivity contribution < 1.29 is 14.3 Å². The summed E-state index contributed by atoms with van der Waals surface area (Å²) in [4.78, 5) is 13.8. The van der Waals surface area contributed by atoms with Crippen LogP contribution in [0.1, 0.15) is 32.8 Å². The minimum absolute atomic E-state index is 0.221. The van der Waals surface area contributed by atoms with Crippen molar-refractivity contribution in [3.8, 4) is 5.75 Å². The summed E-state index contributed by atoms with van der Waals surface area (Å²) in [5.41, 5.74) is 0.766. The standard InChI is InChI=1S/C17H26N2O3/c1-17(2,3)22-16(20)19-10-9-14(12-19)18-11-13-5-7-15(21-4)8-6-13/h5-8,14,18H,9-12H2,1-4H3. The average Bonchev–Trinajstić information content (AvgIpc) is 2.93. The number of ether oxygens (including phenoxy) is 2. The van der Waals surface area contributed by atoms with Crippen LogP contribution in [0.4, 0.5) is 4.79 Å². The van der Waals surface area contributed by atoms with Crippen molar-refractivity contribution in [2.45, 2.75) is 45.4 Å². The molecule has 1 aromatic carbocycles. The first kappa shape index (κ1) is 16.6. The van der Waals surface area contributed by atoms with Gasteiger partial charge in [0.1, 0.15) is 11.4 Å². The van der Waals surface area contributed by atoms with Crippen LogP contribution in [0.5, 0.6) is 5.75 Å². The molecule has 1 fully saturated rings. The lowest BCUT2D eigenvalue weighted by Crippen LogP contribution is -2.38. The second-order valence-corrected chi connectivity index (χ2v) is 6.64. The summed E-state index contributed by atoms with van der Waals surface area (Å²) >= 11 is 0. The number of likely N-dealkylation sites (tertiary alicyclic amines) is 1. The van der Waals surface area contributed by atoms with Crippen LogP contribution in [0.15, 0.2) is 24.3 Å². The van der Waals surface area contributed by atoms with Gasteiger partial charge in [-0.05, 0) is 44.9 Å². The fraction of sp³-hybridized carbons (Fsp3) is 0.588. The van der Waals surface area contributed by atoms with Crippen molar-refractivity contribution >= 4 is 6.09 Å². The van der Waals surface area contributed by atoms with E-state index < -0.39 is 5.60 Å². The van der Waals surface area contributed by atoms with E-state index >= 15 is 0 Å². The first-order chi connectivity index (χ1) is 10.4. The van der Waals surface area contributed by atoms with Gasteiger partial charge in [0.25, 0.3) is 0 Å². The van der Waals surface area contributed by atoms with Gasteiger partial charge in [0.15, 0.2) is 0 Å². The first-order valence-corrected chi connectivity index (χ1v) is 7.71. The molecular formula is C17H26N2O3. The molecule has 0 aliphatic carbocycles. The Morgan fingerprint density at radius 1 is 1.32 bits per heavy atom. The zero-order valence-corrected chi connectivity index (χ0v) is 13.9. The Morgan fingerprint density at radius 2 is 2.00 bits per heavy atom. The number of nitrogens with zero attached hydrogens (tertiary/aromatic N) is 1. The van der Waals surface area contributed by atoms with Gasteiger partial charge in [-0.2, -0.15) is 0 Å². The molecule has 0 aromatic heterocycles. The summed E-state index contributed by atoms with van der Waals surface area (Å²) in [7, 11) is 1.66. The fourth-order valence-corrected chi connectivity index (χ4v) is 2.42. The zero-order chi connectivity index (χ0) is 16.2. The maximum Gasteiger partial charge on any atom is 0.410 e.